The Morgan fingerprint density at radius 3 is 2.57 bits per heavy atom. The van der Waals surface area contributed by atoms with E-state index >= 15 is 0 Å². The second kappa shape index (κ2) is 3.31. The van der Waals surface area contributed by atoms with Crippen molar-refractivity contribution in [1.29, 1.82) is 0 Å². The van der Waals surface area contributed by atoms with E-state index in [1.165, 1.54) is 0 Å². The van der Waals surface area contributed by atoms with E-state index in [0.717, 1.165) is 12.8 Å². The van der Waals surface area contributed by atoms with Gasteiger partial charge in [-0.15, -0.1) is 0 Å². The average molecular weight is 185 g/mol. The molecule has 2 aliphatic heterocycles. The lowest BCUT2D eigenvalue weighted by molar-refractivity contribution is 0.174. The summed E-state index contributed by atoms with van der Waals surface area (Å²) in [4.78, 5) is 1.54. The molecule has 2 heterocycles. The molecule has 2 nitrogen and oxygen atoms in total. The maximum atomic E-state index is 6.04. The van der Waals surface area contributed by atoms with Crippen molar-refractivity contribution in [2.45, 2.75) is 50.3 Å². The van der Waals surface area contributed by atoms with E-state index in [9.17, 15) is 0 Å². The van der Waals surface area contributed by atoms with E-state index in [0.29, 0.717) is 5.92 Å². The smallest absolute Gasteiger partial charge is 0.181 e. The summed E-state index contributed by atoms with van der Waals surface area (Å²) < 4.78 is 5.66. The van der Waals surface area contributed by atoms with Crippen molar-refractivity contribution in [3.8, 4) is 0 Å². The molecule has 5 heteroatoms. The van der Waals surface area contributed by atoms with Crippen LogP contribution in [0.25, 0.3) is 0 Å². The molecule has 2 rings (SSSR count). The highest BCUT2D eigenvalue weighted by atomic mass is 16.6. The molecule has 14 heavy (non-hydrogen) atoms. The Labute approximate surface area is 90.0 Å². The lowest BCUT2D eigenvalue weighted by Gasteiger charge is -2.43. The van der Waals surface area contributed by atoms with E-state index in [2.05, 4.69) is 13.8 Å². The Hall–Kier alpha value is 0.115. The van der Waals surface area contributed by atoms with Crippen molar-refractivity contribution in [2.75, 3.05) is 0 Å². The van der Waals surface area contributed by atoms with E-state index in [4.69, 9.17) is 28.4 Å². The van der Waals surface area contributed by atoms with Crippen molar-refractivity contribution < 1.29 is 4.74 Å². The number of epoxide rings is 1. The first kappa shape index (κ1) is 10.6. The molecule has 0 aromatic rings. The summed E-state index contributed by atoms with van der Waals surface area (Å²) >= 11 is 0. The van der Waals surface area contributed by atoms with Crippen LogP contribution in [0.5, 0.6) is 0 Å². The van der Waals surface area contributed by atoms with Gasteiger partial charge in [-0.3, -0.25) is 0 Å². The van der Waals surface area contributed by atoms with E-state index in [-0.39, 0.29) is 23.6 Å². The van der Waals surface area contributed by atoms with Gasteiger partial charge >= 0.3 is 0 Å². The zero-order chi connectivity index (χ0) is 10.5. The minimum atomic E-state index is -0.261. The summed E-state index contributed by atoms with van der Waals surface area (Å²) in [6.45, 7) is 4.23. The van der Waals surface area contributed by atoms with Gasteiger partial charge in [-0.1, -0.05) is 13.3 Å². The summed E-state index contributed by atoms with van der Waals surface area (Å²) in [5.41, 5.74) is -0.134. The van der Waals surface area contributed by atoms with Gasteiger partial charge in [0.05, 0.1) is 27.4 Å². The van der Waals surface area contributed by atoms with Crippen LogP contribution in [0.3, 0.4) is 0 Å². The fourth-order valence-electron chi connectivity index (χ4n) is 2.62. The van der Waals surface area contributed by atoms with Gasteiger partial charge in [-0.05, 0) is 31.1 Å². The summed E-state index contributed by atoms with van der Waals surface area (Å²) in [7, 11) is 17.8. The summed E-state index contributed by atoms with van der Waals surface area (Å²) in [6.07, 6.45) is 2.19. The van der Waals surface area contributed by atoms with Crippen molar-refractivity contribution in [3.63, 3.8) is 0 Å². The van der Waals surface area contributed by atoms with Crippen LogP contribution < -0.4 is 0 Å². The van der Waals surface area contributed by atoms with Gasteiger partial charge in [0.2, 0.25) is 0 Å². The third kappa shape index (κ3) is 1.29. The average Bonchev–Trinajstić information content (AvgIpc) is 2.83. The number of hydrogen-bond donors (Lipinski definition) is 0. The summed E-state index contributed by atoms with van der Waals surface area (Å²) in [5, 5.41) is 0. The molecular formula is C9H14B3NO. The molecule has 70 valence electrons. The van der Waals surface area contributed by atoms with Gasteiger partial charge in [0.25, 0.3) is 0 Å². The van der Waals surface area contributed by atoms with Crippen LogP contribution in [-0.2, 0) is 4.74 Å². The molecule has 0 amide bonds. The minimum Gasteiger partial charge on any atom is -0.365 e. The molecule has 0 aliphatic carbocycles. The predicted molar refractivity (Wildman–Crippen MR) is 58.4 cm³/mol. The molecule has 0 bridgehead atoms. The van der Waals surface area contributed by atoms with Gasteiger partial charge in [0.15, 0.2) is 7.98 Å². The van der Waals surface area contributed by atoms with Crippen LogP contribution in [-0.4, -0.2) is 52.1 Å². The van der Waals surface area contributed by atoms with Crippen molar-refractivity contribution >= 4 is 23.7 Å². The van der Waals surface area contributed by atoms with Crippen LogP contribution in [0.4, 0.5) is 0 Å². The fraction of sp³-hybridized carbons (Fsp3) is 1.00. The first-order valence-corrected chi connectivity index (χ1v) is 5.24. The molecule has 2 aliphatic rings. The summed E-state index contributed by atoms with van der Waals surface area (Å²) in [6, 6.07) is 0. The molecule has 5 unspecified atom stereocenters. The number of piperidine rings is 1. The standard InChI is InChI=1S/C9H14B3NO/c1-3-4-5-7(10)13(12)8(11)6-9(5,2)14-6/h5-8H,3-4H2,1-2H3. The lowest BCUT2D eigenvalue weighted by Crippen LogP contribution is -2.57. The normalized spacial score (nSPS) is 52.7. The first-order valence-electron chi connectivity index (χ1n) is 5.24. The monoisotopic (exact) mass is 185 g/mol. The van der Waals surface area contributed by atoms with Gasteiger partial charge in [-0.25, -0.2) is 0 Å². The van der Waals surface area contributed by atoms with Gasteiger partial charge in [-0.2, -0.15) is 0 Å². The molecule has 2 fully saturated rings. The number of rotatable bonds is 2. The Morgan fingerprint density at radius 1 is 1.36 bits per heavy atom. The summed E-state index contributed by atoms with van der Waals surface area (Å²) in [5.74, 6) is -0.154. The molecular weight excluding hydrogens is 171 g/mol. The second-order valence-electron chi connectivity index (χ2n) is 4.55. The minimum absolute atomic E-state index is 0.0591. The lowest BCUT2D eigenvalue weighted by atomic mass is 9.63. The van der Waals surface area contributed by atoms with Crippen molar-refractivity contribution in [1.82, 2.24) is 4.81 Å². The maximum absolute atomic E-state index is 6.04. The number of fused-ring (bicyclic) bond motifs is 1. The van der Waals surface area contributed by atoms with Crippen LogP contribution in [0.1, 0.15) is 26.7 Å². The molecule has 5 atom stereocenters. The highest BCUT2D eigenvalue weighted by Crippen LogP contribution is 2.51. The first-order chi connectivity index (χ1) is 6.52. The second-order valence-corrected chi connectivity index (χ2v) is 4.55. The SMILES string of the molecule is [B]C1C(CCC)C2(C)OC2C([B])N1[B]. The quantitative estimate of drug-likeness (QED) is 0.442. The van der Waals surface area contributed by atoms with Crippen LogP contribution >= 0.6 is 0 Å². The number of hydrogen-bond acceptors (Lipinski definition) is 2. The predicted octanol–water partition coefficient (Wildman–Crippen LogP) is -0.0515. The van der Waals surface area contributed by atoms with Crippen LogP contribution in [0.15, 0.2) is 0 Å². The Morgan fingerprint density at radius 2 is 2.00 bits per heavy atom. The molecule has 0 aromatic carbocycles. The van der Waals surface area contributed by atoms with E-state index in [1.54, 1.807) is 4.81 Å². The topological polar surface area (TPSA) is 15.8 Å². The third-order valence-corrected chi connectivity index (χ3v) is 3.64. The van der Waals surface area contributed by atoms with Crippen molar-refractivity contribution in [2.24, 2.45) is 5.92 Å². The zero-order valence-corrected chi connectivity index (χ0v) is 8.81. The van der Waals surface area contributed by atoms with Gasteiger partial charge < -0.3 is 9.55 Å². The van der Waals surface area contributed by atoms with Crippen LogP contribution in [0.2, 0.25) is 0 Å². The Kier molecular flexibility index (Phi) is 2.51. The Balaban J connectivity index is 2.16. The van der Waals surface area contributed by atoms with E-state index < -0.39 is 0 Å². The molecule has 0 spiro atoms. The third-order valence-electron chi connectivity index (χ3n) is 3.64. The molecule has 0 aromatic heterocycles. The molecule has 0 saturated carbocycles. The maximum Gasteiger partial charge on any atom is 0.181 e. The molecule has 0 N–H and O–H groups in total. The largest absolute Gasteiger partial charge is 0.365 e. The van der Waals surface area contributed by atoms with E-state index in [1.807, 2.05) is 0 Å². The van der Waals surface area contributed by atoms with Gasteiger partial charge in [0, 0.05) is 0 Å². The van der Waals surface area contributed by atoms with Crippen molar-refractivity contribution in [3.05, 3.63) is 0 Å². The van der Waals surface area contributed by atoms with Gasteiger partial charge in [0.1, 0.15) is 0 Å². The zero-order valence-electron chi connectivity index (χ0n) is 8.81. The molecule has 6 radical (unpaired) electrons. The Bertz CT molecular complexity index is 238. The van der Waals surface area contributed by atoms with Crippen LogP contribution in [0, 0.1) is 5.92 Å². The number of ether oxygens (including phenoxy) is 1. The number of nitrogens with zero attached hydrogens (tertiary/aromatic N) is 1. The fourth-order valence-corrected chi connectivity index (χ4v) is 2.62. The molecule has 2 saturated heterocycles. The highest BCUT2D eigenvalue weighted by molar-refractivity contribution is 6.22. The highest BCUT2D eigenvalue weighted by Gasteiger charge is 2.64.